The number of carbonyl (C=O) groups is 2. The van der Waals surface area contributed by atoms with E-state index in [2.05, 4.69) is 0 Å². The number of aryl methyl sites for hydroxylation is 1. The summed E-state index contributed by atoms with van der Waals surface area (Å²) in [4.78, 5) is 25.3. The number of aromatic nitrogens is 1. The highest BCUT2D eigenvalue weighted by molar-refractivity contribution is 5.96. The molecule has 2 aromatic rings. The second kappa shape index (κ2) is 7.13. The molecule has 3 rings (SSSR count). The molecule has 1 fully saturated rings. The number of para-hydroxylation sites is 1. The van der Waals surface area contributed by atoms with E-state index in [0.717, 1.165) is 10.9 Å². The molecule has 0 atom stereocenters. The molecular formula is C20H26N2O5. The smallest absolute Gasteiger partial charge is 0.410 e. The summed E-state index contributed by atoms with van der Waals surface area (Å²) < 4.78 is 13.2. The molecule has 0 radical (unpaired) electrons. The largest absolute Gasteiger partial charge is 0.488 e. The zero-order valence-electron chi connectivity index (χ0n) is 16.2. The lowest BCUT2D eigenvalue weighted by Gasteiger charge is -2.33. The van der Waals surface area contributed by atoms with E-state index in [0.29, 0.717) is 31.7 Å². The van der Waals surface area contributed by atoms with E-state index < -0.39 is 11.6 Å². The van der Waals surface area contributed by atoms with Crippen LogP contribution in [-0.4, -0.2) is 51.4 Å². The third-order valence-electron chi connectivity index (χ3n) is 4.63. The van der Waals surface area contributed by atoms with E-state index >= 15 is 0 Å². The number of ether oxygens (including phenoxy) is 2. The summed E-state index contributed by atoms with van der Waals surface area (Å²) in [5.41, 5.74) is 0.485. The van der Waals surface area contributed by atoms with Gasteiger partial charge in [-0.3, -0.25) is 0 Å². The van der Waals surface area contributed by atoms with Crippen LogP contribution in [0.2, 0.25) is 0 Å². The molecule has 2 heterocycles. The Kier molecular flexibility index (Phi) is 5.04. The number of nitrogens with zero attached hydrogens (tertiary/aromatic N) is 2. The number of carboxylic acids is 1. The van der Waals surface area contributed by atoms with Gasteiger partial charge < -0.3 is 24.0 Å². The van der Waals surface area contributed by atoms with E-state index in [1.165, 1.54) is 0 Å². The van der Waals surface area contributed by atoms with Crippen LogP contribution in [0.3, 0.4) is 0 Å². The number of benzene rings is 1. The summed E-state index contributed by atoms with van der Waals surface area (Å²) in [6, 6.07) is 7.24. The van der Waals surface area contributed by atoms with Crippen molar-refractivity contribution in [3.05, 3.63) is 30.0 Å². The summed E-state index contributed by atoms with van der Waals surface area (Å²) in [7, 11) is 1.73. The minimum Gasteiger partial charge on any atom is -0.488 e. The first-order chi connectivity index (χ1) is 12.7. The van der Waals surface area contributed by atoms with Crippen LogP contribution in [0.4, 0.5) is 4.79 Å². The average molecular weight is 374 g/mol. The number of hydrogen-bond acceptors (Lipinski definition) is 4. The van der Waals surface area contributed by atoms with Crippen molar-refractivity contribution < 1.29 is 24.2 Å². The first-order valence-corrected chi connectivity index (χ1v) is 9.12. The van der Waals surface area contributed by atoms with Crippen LogP contribution < -0.4 is 4.74 Å². The van der Waals surface area contributed by atoms with Crippen molar-refractivity contribution in [1.29, 1.82) is 0 Å². The third-order valence-corrected chi connectivity index (χ3v) is 4.63. The number of likely N-dealkylation sites (tertiary alicyclic amines) is 1. The summed E-state index contributed by atoms with van der Waals surface area (Å²) in [6.07, 6.45) is 1.08. The Bertz CT molecular complexity index is 857. The van der Waals surface area contributed by atoms with E-state index in [9.17, 15) is 14.7 Å². The third kappa shape index (κ3) is 4.18. The summed E-state index contributed by atoms with van der Waals surface area (Å²) >= 11 is 0. The monoisotopic (exact) mass is 374 g/mol. The number of carboxylic acid groups (broad SMARTS) is 1. The Balaban J connectivity index is 1.69. The molecule has 7 nitrogen and oxygen atoms in total. The van der Waals surface area contributed by atoms with Crippen molar-refractivity contribution in [3.63, 3.8) is 0 Å². The highest BCUT2D eigenvalue weighted by atomic mass is 16.6. The van der Waals surface area contributed by atoms with Gasteiger partial charge in [0.1, 0.15) is 23.1 Å². The van der Waals surface area contributed by atoms with Gasteiger partial charge in [0.05, 0.1) is 5.52 Å². The normalized spacial score (nSPS) is 15.8. The molecular weight excluding hydrogens is 348 g/mol. The van der Waals surface area contributed by atoms with Crippen LogP contribution >= 0.6 is 0 Å². The Morgan fingerprint density at radius 1 is 1.19 bits per heavy atom. The Labute approximate surface area is 158 Å². The molecule has 0 bridgehead atoms. The van der Waals surface area contributed by atoms with Gasteiger partial charge >= 0.3 is 12.1 Å². The van der Waals surface area contributed by atoms with E-state index in [1.54, 1.807) is 22.6 Å². The maximum atomic E-state index is 12.2. The van der Waals surface area contributed by atoms with Crippen LogP contribution in [0.1, 0.15) is 44.1 Å². The van der Waals surface area contributed by atoms with Gasteiger partial charge in [-0.25, -0.2) is 9.59 Å². The zero-order valence-corrected chi connectivity index (χ0v) is 16.2. The van der Waals surface area contributed by atoms with Gasteiger partial charge in [-0.05, 0) is 32.9 Å². The van der Waals surface area contributed by atoms with Crippen LogP contribution in [-0.2, 0) is 11.8 Å². The molecule has 146 valence electrons. The molecule has 1 N–H and O–H groups in total. The SMILES string of the molecule is Cn1c(C(=O)O)cc2cccc(OC3CCN(C(=O)OC(C)(C)C)CC3)c21. The standard InChI is InChI=1S/C20H26N2O5/c1-20(2,3)27-19(25)22-10-8-14(9-11-22)26-16-7-5-6-13-12-15(18(23)24)21(4)17(13)16/h5-7,12,14H,8-11H2,1-4H3,(H,23,24). The van der Waals surface area contributed by atoms with Crippen LogP contribution in [0.5, 0.6) is 5.75 Å². The lowest BCUT2D eigenvalue weighted by molar-refractivity contribution is 0.0127. The summed E-state index contributed by atoms with van der Waals surface area (Å²) in [6.45, 7) is 6.71. The molecule has 7 heteroatoms. The number of amides is 1. The predicted molar refractivity (Wildman–Crippen MR) is 101 cm³/mol. The number of piperidine rings is 1. The maximum Gasteiger partial charge on any atom is 0.410 e. The highest BCUT2D eigenvalue weighted by Gasteiger charge is 2.28. The number of fused-ring (bicyclic) bond motifs is 1. The fraction of sp³-hybridized carbons (Fsp3) is 0.500. The van der Waals surface area contributed by atoms with Gasteiger partial charge in [0.2, 0.25) is 0 Å². The van der Waals surface area contributed by atoms with Crippen molar-refractivity contribution in [2.75, 3.05) is 13.1 Å². The minimum atomic E-state index is -0.967. The second-order valence-electron chi connectivity index (χ2n) is 7.87. The highest BCUT2D eigenvalue weighted by Crippen LogP contribution is 2.30. The van der Waals surface area contributed by atoms with Crippen molar-refractivity contribution in [2.45, 2.75) is 45.3 Å². The van der Waals surface area contributed by atoms with E-state index in [-0.39, 0.29) is 17.9 Å². The fourth-order valence-electron chi connectivity index (χ4n) is 3.34. The van der Waals surface area contributed by atoms with Gasteiger partial charge in [0.25, 0.3) is 0 Å². The lowest BCUT2D eigenvalue weighted by Crippen LogP contribution is -2.44. The lowest BCUT2D eigenvalue weighted by atomic mass is 10.1. The van der Waals surface area contributed by atoms with Gasteiger partial charge in [0.15, 0.2) is 0 Å². The zero-order chi connectivity index (χ0) is 19.8. The molecule has 0 spiro atoms. The molecule has 0 unspecified atom stereocenters. The Morgan fingerprint density at radius 3 is 2.44 bits per heavy atom. The molecule has 1 saturated heterocycles. The number of hydrogen-bond donors (Lipinski definition) is 1. The second-order valence-corrected chi connectivity index (χ2v) is 7.87. The molecule has 1 amide bonds. The molecule has 1 aliphatic heterocycles. The van der Waals surface area contributed by atoms with E-state index in [4.69, 9.17) is 9.47 Å². The Morgan fingerprint density at radius 2 is 1.85 bits per heavy atom. The molecule has 27 heavy (non-hydrogen) atoms. The molecule has 0 saturated carbocycles. The topological polar surface area (TPSA) is 81.0 Å². The van der Waals surface area contributed by atoms with Crippen LogP contribution in [0.25, 0.3) is 10.9 Å². The average Bonchev–Trinajstić information content (AvgIpc) is 2.92. The minimum absolute atomic E-state index is 0.0301. The van der Waals surface area contributed by atoms with Gasteiger partial charge in [0, 0.05) is 38.4 Å². The van der Waals surface area contributed by atoms with Crippen LogP contribution in [0, 0.1) is 0 Å². The molecule has 1 aliphatic rings. The maximum absolute atomic E-state index is 12.2. The van der Waals surface area contributed by atoms with Gasteiger partial charge in [-0.15, -0.1) is 0 Å². The predicted octanol–water partition coefficient (Wildman–Crippen LogP) is 3.65. The van der Waals surface area contributed by atoms with E-state index in [1.807, 2.05) is 39.0 Å². The summed E-state index contributed by atoms with van der Waals surface area (Å²) in [5, 5.41) is 10.2. The summed E-state index contributed by atoms with van der Waals surface area (Å²) in [5.74, 6) is -0.302. The molecule has 1 aromatic heterocycles. The van der Waals surface area contributed by atoms with Crippen LogP contribution in [0.15, 0.2) is 24.3 Å². The Hall–Kier alpha value is -2.70. The first kappa shape index (κ1) is 19.1. The quantitative estimate of drug-likeness (QED) is 0.887. The van der Waals surface area contributed by atoms with Gasteiger partial charge in [-0.2, -0.15) is 0 Å². The van der Waals surface area contributed by atoms with Crippen molar-refractivity contribution >= 4 is 23.0 Å². The number of carbonyl (C=O) groups excluding carboxylic acids is 1. The van der Waals surface area contributed by atoms with Gasteiger partial charge in [-0.1, -0.05) is 12.1 Å². The first-order valence-electron chi connectivity index (χ1n) is 9.12. The molecule has 1 aromatic carbocycles. The van der Waals surface area contributed by atoms with Crippen molar-refractivity contribution in [3.8, 4) is 5.75 Å². The van der Waals surface area contributed by atoms with Crippen molar-refractivity contribution in [1.82, 2.24) is 9.47 Å². The number of rotatable bonds is 3. The molecule has 0 aliphatic carbocycles. The fourth-order valence-corrected chi connectivity index (χ4v) is 3.34. The van der Waals surface area contributed by atoms with Crippen molar-refractivity contribution in [2.24, 2.45) is 7.05 Å². The number of aromatic carboxylic acids is 1.